The first-order chi connectivity index (χ1) is 13.1. The molecule has 6 rings (SSSR count). The summed E-state index contributed by atoms with van der Waals surface area (Å²) in [7, 11) is 0. The van der Waals surface area contributed by atoms with Crippen molar-refractivity contribution in [2.24, 2.45) is 5.92 Å². The highest BCUT2D eigenvalue weighted by atomic mass is 19.2. The van der Waals surface area contributed by atoms with Crippen molar-refractivity contribution in [1.29, 1.82) is 0 Å². The van der Waals surface area contributed by atoms with Gasteiger partial charge in [0.25, 0.3) is 5.91 Å². The maximum Gasteiger partial charge on any atom is 0.257 e. The van der Waals surface area contributed by atoms with Crippen LogP contribution in [-0.2, 0) is 0 Å². The third kappa shape index (κ3) is 2.46. The Hall–Kier alpha value is -2.21. The lowest BCUT2D eigenvalue weighted by atomic mass is 9.75. The Morgan fingerprint density at radius 2 is 1.93 bits per heavy atom. The number of amides is 1. The van der Waals surface area contributed by atoms with Gasteiger partial charge >= 0.3 is 0 Å². The smallest absolute Gasteiger partial charge is 0.257 e. The van der Waals surface area contributed by atoms with E-state index < -0.39 is 11.6 Å². The molecule has 0 saturated carbocycles. The molecule has 0 spiro atoms. The maximum absolute atomic E-state index is 14.6. The van der Waals surface area contributed by atoms with Gasteiger partial charge < -0.3 is 9.32 Å². The van der Waals surface area contributed by atoms with Crippen LogP contribution in [0.5, 0.6) is 0 Å². The number of hydrogen-bond donors (Lipinski definition) is 0. The van der Waals surface area contributed by atoms with Gasteiger partial charge in [-0.05, 0) is 56.5 Å². The Kier molecular flexibility index (Phi) is 3.86. The summed E-state index contributed by atoms with van der Waals surface area (Å²) < 4.78 is 33.8. The molecule has 27 heavy (non-hydrogen) atoms. The molecule has 3 atom stereocenters. The molecule has 0 aliphatic carbocycles. The van der Waals surface area contributed by atoms with Crippen LogP contribution in [0, 0.1) is 24.5 Å². The fourth-order valence-corrected chi connectivity index (χ4v) is 5.50. The number of piperidine rings is 3. The van der Waals surface area contributed by atoms with E-state index in [-0.39, 0.29) is 23.9 Å². The molecule has 1 amide bonds. The van der Waals surface area contributed by atoms with Gasteiger partial charge in [0.2, 0.25) is 0 Å². The molecule has 142 valence electrons. The molecular weight excluding hydrogens is 350 g/mol. The van der Waals surface area contributed by atoms with Crippen molar-refractivity contribution in [3.05, 3.63) is 59.1 Å². The summed E-state index contributed by atoms with van der Waals surface area (Å²) in [6.45, 7) is 4.12. The zero-order chi connectivity index (χ0) is 18.7. The van der Waals surface area contributed by atoms with Gasteiger partial charge in [-0.2, -0.15) is 0 Å². The van der Waals surface area contributed by atoms with E-state index in [0.717, 1.165) is 32.0 Å². The zero-order valence-corrected chi connectivity index (χ0v) is 15.2. The average Bonchev–Trinajstić information content (AvgIpc) is 3.30. The van der Waals surface area contributed by atoms with E-state index in [1.165, 1.54) is 6.26 Å². The van der Waals surface area contributed by atoms with E-state index in [4.69, 9.17) is 4.42 Å². The van der Waals surface area contributed by atoms with Crippen LogP contribution in [0.4, 0.5) is 8.78 Å². The molecule has 2 bridgehead atoms. The van der Waals surface area contributed by atoms with Crippen molar-refractivity contribution in [3.63, 3.8) is 0 Å². The summed E-state index contributed by atoms with van der Waals surface area (Å²) in [4.78, 5) is 17.5. The number of hydrogen-bond acceptors (Lipinski definition) is 3. The van der Waals surface area contributed by atoms with Crippen molar-refractivity contribution in [2.75, 3.05) is 19.6 Å². The van der Waals surface area contributed by atoms with Crippen LogP contribution >= 0.6 is 0 Å². The fraction of sp³-hybridized carbons (Fsp3) is 0.476. The molecule has 4 aliphatic heterocycles. The van der Waals surface area contributed by atoms with Crippen molar-refractivity contribution in [2.45, 2.75) is 37.8 Å². The Labute approximate surface area is 156 Å². The molecule has 4 saturated heterocycles. The maximum atomic E-state index is 14.6. The minimum absolute atomic E-state index is 0.0435. The van der Waals surface area contributed by atoms with Crippen LogP contribution in [0.25, 0.3) is 0 Å². The van der Waals surface area contributed by atoms with Gasteiger partial charge in [-0.25, -0.2) is 8.78 Å². The topological polar surface area (TPSA) is 36.7 Å². The summed E-state index contributed by atoms with van der Waals surface area (Å²) in [5.41, 5.74) is 0.947. The summed E-state index contributed by atoms with van der Waals surface area (Å²) in [5.74, 6) is -0.876. The van der Waals surface area contributed by atoms with Gasteiger partial charge in [0.15, 0.2) is 11.6 Å². The number of nitrogens with zero attached hydrogens (tertiary/aromatic N) is 2. The second-order valence-electron chi connectivity index (χ2n) is 7.95. The molecule has 0 radical (unpaired) electrons. The summed E-state index contributed by atoms with van der Waals surface area (Å²) in [6, 6.07) is 6.16. The molecule has 0 N–H and O–H groups in total. The van der Waals surface area contributed by atoms with E-state index in [9.17, 15) is 13.6 Å². The van der Waals surface area contributed by atoms with E-state index in [2.05, 4.69) is 4.90 Å². The standard InChI is InChI=1S/C21H22F2N2O2/c1-12-14(7-10-27-12)21(26)25-11-16(15-3-2-4-17(22)18(15)23)20-19(25)13-5-8-24(20)9-6-13/h2-4,7,10,13,16,19-20H,5-6,8-9,11H2,1H3/t16-,19+,20+/m0/s1. The molecule has 1 aromatic heterocycles. The van der Waals surface area contributed by atoms with Crippen molar-refractivity contribution in [3.8, 4) is 0 Å². The van der Waals surface area contributed by atoms with E-state index >= 15 is 0 Å². The third-order valence-electron chi connectivity index (χ3n) is 6.73. The number of aryl methyl sites for hydroxylation is 1. The molecule has 6 heteroatoms. The Bertz CT molecular complexity index is 888. The van der Waals surface area contributed by atoms with E-state index in [1.807, 2.05) is 4.90 Å². The predicted molar refractivity (Wildman–Crippen MR) is 95.5 cm³/mol. The molecule has 4 aliphatic rings. The van der Waals surface area contributed by atoms with Gasteiger partial charge in [0.05, 0.1) is 17.9 Å². The van der Waals surface area contributed by atoms with E-state index in [1.54, 1.807) is 25.1 Å². The molecule has 4 fully saturated rings. The fourth-order valence-electron chi connectivity index (χ4n) is 5.50. The van der Waals surface area contributed by atoms with Crippen LogP contribution in [-0.4, -0.2) is 47.4 Å². The third-order valence-corrected chi connectivity index (χ3v) is 6.73. The SMILES string of the molecule is Cc1occc1C(=O)N1C[C@@H](c2cccc(F)c2F)[C@@H]2[C@H]1C1CCN2CC1. The number of carbonyl (C=O) groups excluding carboxylic acids is 1. The molecule has 4 nitrogen and oxygen atoms in total. The van der Waals surface area contributed by atoms with Crippen LogP contribution in [0.1, 0.15) is 40.4 Å². The number of likely N-dealkylation sites (tertiary alicyclic amines) is 1. The first-order valence-corrected chi connectivity index (χ1v) is 9.59. The second-order valence-corrected chi connectivity index (χ2v) is 7.95. The average molecular weight is 372 g/mol. The van der Waals surface area contributed by atoms with Gasteiger partial charge in [0, 0.05) is 18.5 Å². The predicted octanol–water partition coefficient (Wildman–Crippen LogP) is 3.57. The van der Waals surface area contributed by atoms with Gasteiger partial charge in [-0.1, -0.05) is 12.1 Å². The molecular formula is C21H22F2N2O2. The lowest BCUT2D eigenvalue weighted by Gasteiger charge is -2.51. The summed E-state index contributed by atoms with van der Waals surface area (Å²) >= 11 is 0. The Morgan fingerprint density at radius 3 is 2.63 bits per heavy atom. The highest BCUT2D eigenvalue weighted by molar-refractivity contribution is 5.95. The highest BCUT2D eigenvalue weighted by Gasteiger charge is 2.55. The van der Waals surface area contributed by atoms with Crippen LogP contribution in [0.3, 0.4) is 0 Å². The normalized spacial score (nSPS) is 32.0. The number of fused-ring (bicyclic) bond motifs is 2. The zero-order valence-electron chi connectivity index (χ0n) is 15.2. The van der Waals surface area contributed by atoms with Gasteiger partial charge in [-0.3, -0.25) is 9.69 Å². The first-order valence-electron chi connectivity index (χ1n) is 9.59. The molecule has 5 heterocycles. The quantitative estimate of drug-likeness (QED) is 0.809. The first kappa shape index (κ1) is 16.9. The Morgan fingerprint density at radius 1 is 1.15 bits per heavy atom. The van der Waals surface area contributed by atoms with Crippen molar-refractivity contribution < 1.29 is 18.0 Å². The minimum Gasteiger partial charge on any atom is -0.469 e. The minimum atomic E-state index is -0.824. The van der Waals surface area contributed by atoms with Crippen LogP contribution in [0.2, 0.25) is 0 Å². The summed E-state index contributed by atoms with van der Waals surface area (Å²) in [6.07, 6.45) is 3.62. The van der Waals surface area contributed by atoms with Crippen LogP contribution < -0.4 is 0 Å². The largest absolute Gasteiger partial charge is 0.469 e. The Balaban J connectivity index is 1.57. The van der Waals surface area contributed by atoms with Crippen molar-refractivity contribution in [1.82, 2.24) is 9.80 Å². The second kappa shape index (κ2) is 6.16. The molecule has 1 aromatic carbocycles. The monoisotopic (exact) mass is 372 g/mol. The van der Waals surface area contributed by atoms with Gasteiger partial charge in [-0.15, -0.1) is 0 Å². The highest BCUT2D eigenvalue weighted by Crippen LogP contribution is 2.47. The summed E-state index contributed by atoms with van der Waals surface area (Å²) in [5, 5.41) is 0. The number of carbonyl (C=O) groups is 1. The number of halogens is 2. The van der Waals surface area contributed by atoms with Crippen molar-refractivity contribution >= 4 is 5.91 Å². The van der Waals surface area contributed by atoms with Crippen LogP contribution in [0.15, 0.2) is 34.9 Å². The van der Waals surface area contributed by atoms with Gasteiger partial charge in [0.1, 0.15) is 5.76 Å². The molecule has 2 aromatic rings. The lowest BCUT2D eigenvalue weighted by Crippen LogP contribution is -2.60. The van der Waals surface area contributed by atoms with E-state index in [0.29, 0.717) is 29.3 Å². The number of benzene rings is 1. The lowest BCUT2D eigenvalue weighted by molar-refractivity contribution is -0.00364. The number of furan rings is 1. The number of rotatable bonds is 2. The molecule has 0 unspecified atom stereocenters.